The minimum Gasteiger partial charge on any atom is -0.380 e. The summed E-state index contributed by atoms with van der Waals surface area (Å²) in [6, 6.07) is 0.279. The highest BCUT2D eigenvalue weighted by Gasteiger charge is 2.30. The molecule has 17 heavy (non-hydrogen) atoms. The number of rotatable bonds is 3. The first-order chi connectivity index (χ1) is 8.19. The fourth-order valence-electron chi connectivity index (χ4n) is 2.54. The monoisotopic (exact) mass is 241 g/mol. The molecule has 5 nitrogen and oxygen atoms in total. The average Bonchev–Trinajstić information content (AvgIpc) is 2.81. The van der Waals surface area contributed by atoms with Gasteiger partial charge < -0.3 is 20.3 Å². The first-order valence-corrected chi connectivity index (χ1v) is 6.44. The van der Waals surface area contributed by atoms with Gasteiger partial charge in [-0.15, -0.1) is 0 Å². The summed E-state index contributed by atoms with van der Waals surface area (Å²) in [6.07, 6.45) is 3.09. The third-order valence-electron chi connectivity index (χ3n) is 3.81. The number of nitrogens with zero attached hydrogens (tertiary/aromatic N) is 1. The molecule has 0 aromatic rings. The van der Waals surface area contributed by atoms with Crippen molar-refractivity contribution in [1.82, 2.24) is 15.5 Å². The van der Waals surface area contributed by atoms with Crippen molar-refractivity contribution in [1.29, 1.82) is 0 Å². The van der Waals surface area contributed by atoms with Crippen LogP contribution < -0.4 is 10.6 Å². The number of carbonyl (C=O) groups excluding carboxylic acids is 1. The van der Waals surface area contributed by atoms with E-state index in [1.54, 1.807) is 7.11 Å². The normalized spacial score (nSPS) is 31.6. The second-order valence-corrected chi connectivity index (χ2v) is 5.14. The smallest absolute Gasteiger partial charge is 0.237 e. The van der Waals surface area contributed by atoms with E-state index >= 15 is 0 Å². The summed E-state index contributed by atoms with van der Waals surface area (Å²) in [5.74, 6) is 0.138. The Hall–Kier alpha value is -0.650. The molecule has 0 aliphatic carbocycles. The summed E-state index contributed by atoms with van der Waals surface area (Å²) in [7, 11) is 3.82. The molecule has 5 heteroatoms. The van der Waals surface area contributed by atoms with E-state index < -0.39 is 0 Å². The highest BCUT2D eigenvalue weighted by Crippen LogP contribution is 2.12. The SMILES string of the molecule is COC1CNC(C(=O)NC2CCN(C)CC2)C1. The number of amides is 1. The van der Waals surface area contributed by atoms with Gasteiger partial charge in [-0.05, 0) is 39.4 Å². The van der Waals surface area contributed by atoms with Gasteiger partial charge in [-0.2, -0.15) is 0 Å². The predicted molar refractivity (Wildman–Crippen MR) is 65.9 cm³/mol. The van der Waals surface area contributed by atoms with Gasteiger partial charge in [0.25, 0.3) is 0 Å². The average molecular weight is 241 g/mol. The van der Waals surface area contributed by atoms with E-state index in [9.17, 15) is 4.79 Å². The molecule has 0 aromatic heterocycles. The van der Waals surface area contributed by atoms with E-state index in [2.05, 4.69) is 22.6 Å². The van der Waals surface area contributed by atoms with E-state index in [4.69, 9.17) is 4.74 Å². The van der Waals surface area contributed by atoms with Gasteiger partial charge in [0.2, 0.25) is 5.91 Å². The van der Waals surface area contributed by atoms with Crippen molar-refractivity contribution in [2.75, 3.05) is 33.8 Å². The molecule has 1 amide bonds. The van der Waals surface area contributed by atoms with Gasteiger partial charge in [0.05, 0.1) is 12.1 Å². The van der Waals surface area contributed by atoms with E-state index in [0.717, 1.165) is 38.9 Å². The Morgan fingerprint density at radius 1 is 1.41 bits per heavy atom. The number of likely N-dealkylation sites (tertiary alicyclic amines) is 1. The fraction of sp³-hybridized carbons (Fsp3) is 0.917. The van der Waals surface area contributed by atoms with Crippen molar-refractivity contribution in [3.05, 3.63) is 0 Å². The van der Waals surface area contributed by atoms with Crippen LogP contribution in [0.15, 0.2) is 0 Å². The second kappa shape index (κ2) is 5.80. The highest BCUT2D eigenvalue weighted by molar-refractivity contribution is 5.82. The van der Waals surface area contributed by atoms with Crippen LogP contribution in [-0.4, -0.2) is 62.8 Å². The van der Waals surface area contributed by atoms with Crippen molar-refractivity contribution < 1.29 is 9.53 Å². The molecule has 2 aliphatic heterocycles. The maximum atomic E-state index is 12.0. The molecule has 0 radical (unpaired) electrons. The molecular formula is C12H23N3O2. The van der Waals surface area contributed by atoms with Crippen molar-refractivity contribution in [2.24, 2.45) is 0 Å². The zero-order valence-corrected chi connectivity index (χ0v) is 10.7. The maximum Gasteiger partial charge on any atom is 0.237 e. The van der Waals surface area contributed by atoms with Crippen LogP contribution in [0.4, 0.5) is 0 Å². The molecule has 2 heterocycles. The number of ether oxygens (including phenoxy) is 1. The van der Waals surface area contributed by atoms with Crippen LogP contribution in [0, 0.1) is 0 Å². The molecule has 0 saturated carbocycles. The largest absolute Gasteiger partial charge is 0.380 e. The first kappa shape index (κ1) is 12.8. The van der Waals surface area contributed by atoms with Crippen LogP contribution in [0.2, 0.25) is 0 Å². The van der Waals surface area contributed by atoms with E-state index in [0.29, 0.717) is 6.04 Å². The lowest BCUT2D eigenvalue weighted by atomic mass is 10.0. The lowest BCUT2D eigenvalue weighted by Gasteiger charge is -2.30. The number of hydrogen-bond donors (Lipinski definition) is 2. The number of nitrogens with one attached hydrogen (secondary N) is 2. The second-order valence-electron chi connectivity index (χ2n) is 5.14. The molecule has 98 valence electrons. The highest BCUT2D eigenvalue weighted by atomic mass is 16.5. The van der Waals surface area contributed by atoms with Gasteiger partial charge >= 0.3 is 0 Å². The first-order valence-electron chi connectivity index (χ1n) is 6.44. The van der Waals surface area contributed by atoms with Crippen molar-refractivity contribution >= 4 is 5.91 Å². The van der Waals surface area contributed by atoms with Crippen LogP contribution in [-0.2, 0) is 9.53 Å². The van der Waals surface area contributed by atoms with Crippen molar-refractivity contribution in [2.45, 2.75) is 37.5 Å². The Balaban J connectivity index is 1.74. The van der Waals surface area contributed by atoms with Gasteiger partial charge in [-0.1, -0.05) is 0 Å². The summed E-state index contributed by atoms with van der Waals surface area (Å²) in [6.45, 7) is 2.93. The van der Waals surface area contributed by atoms with Crippen LogP contribution in [0.5, 0.6) is 0 Å². The lowest BCUT2D eigenvalue weighted by molar-refractivity contribution is -0.124. The van der Waals surface area contributed by atoms with Gasteiger partial charge in [-0.25, -0.2) is 0 Å². The molecule has 0 bridgehead atoms. The zero-order valence-electron chi connectivity index (χ0n) is 10.7. The van der Waals surface area contributed by atoms with Crippen LogP contribution in [0.3, 0.4) is 0 Å². The third kappa shape index (κ3) is 3.40. The Bertz CT molecular complexity index is 264. The summed E-state index contributed by atoms with van der Waals surface area (Å²) in [4.78, 5) is 14.3. The summed E-state index contributed by atoms with van der Waals surface area (Å²) in [5, 5.41) is 6.35. The minimum absolute atomic E-state index is 0.0698. The molecule has 0 aromatic carbocycles. The van der Waals surface area contributed by atoms with Gasteiger partial charge in [0, 0.05) is 19.7 Å². The molecule has 2 unspecified atom stereocenters. The summed E-state index contributed by atoms with van der Waals surface area (Å²) < 4.78 is 5.25. The Morgan fingerprint density at radius 3 is 2.71 bits per heavy atom. The molecule has 0 spiro atoms. The standard InChI is InChI=1S/C12H23N3O2/c1-15-5-3-9(4-6-15)14-12(16)11-7-10(17-2)8-13-11/h9-11,13H,3-8H2,1-2H3,(H,14,16). The fourth-order valence-corrected chi connectivity index (χ4v) is 2.54. The van der Waals surface area contributed by atoms with Gasteiger partial charge in [0.15, 0.2) is 0 Å². The summed E-state index contributed by atoms with van der Waals surface area (Å²) >= 11 is 0. The molecule has 2 rings (SSSR count). The predicted octanol–water partition coefficient (Wildman–Crippen LogP) is -0.426. The zero-order chi connectivity index (χ0) is 12.3. The topological polar surface area (TPSA) is 53.6 Å². The number of hydrogen-bond acceptors (Lipinski definition) is 4. The summed E-state index contributed by atoms with van der Waals surface area (Å²) in [5.41, 5.74) is 0. The van der Waals surface area contributed by atoms with Crippen LogP contribution >= 0.6 is 0 Å². The molecular weight excluding hydrogens is 218 g/mol. The van der Waals surface area contributed by atoms with Gasteiger partial charge in [-0.3, -0.25) is 4.79 Å². The molecule has 2 N–H and O–H groups in total. The van der Waals surface area contributed by atoms with Gasteiger partial charge in [0.1, 0.15) is 0 Å². The third-order valence-corrected chi connectivity index (χ3v) is 3.81. The van der Waals surface area contributed by atoms with E-state index in [1.165, 1.54) is 0 Å². The van der Waals surface area contributed by atoms with Crippen molar-refractivity contribution in [3.63, 3.8) is 0 Å². The lowest BCUT2D eigenvalue weighted by Crippen LogP contribution is -2.48. The van der Waals surface area contributed by atoms with E-state index in [1.807, 2.05) is 0 Å². The number of carbonyl (C=O) groups is 1. The minimum atomic E-state index is -0.0698. The van der Waals surface area contributed by atoms with E-state index in [-0.39, 0.29) is 18.1 Å². The Morgan fingerprint density at radius 2 is 2.12 bits per heavy atom. The van der Waals surface area contributed by atoms with Crippen molar-refractivity contribution in [3.8, 4) is 0 Å². The number of methoxy groups -OCH3 is 1. The molecule has 2 aliphatic rings. The van der Waals surface area contributed by atoms with Crippen LogP contribution in [0.1, 0.15) is 19.3 Å². The molecule has 2 fully saturated rings. The molecule has 2 atom stereocenters. The number of piperidine rings is 1. The Kier molecular flexibility index (Phi) is 4.36. The Labute approximate surface area is 103 Å². The van der Waals surface area contributed by atoms with Crippen LogP contribution in [0.25, 0.3) is 0 Å². The molecule has 2 saturated heterocycles. The maximum absolute atomic E-state index is 12.0. The quantitative estimate of drug-likeness (QED) is 0.704.